The molecule has 0 radical (unpaired) electrons. The van der Waals surface area contributed by atoms with Crippen molar-refractivity contribution in [1.82, 2.24) is 10.6 Å². The summed E-state index contributed by atoms with van der Waals surface area (Å²) in [7, 11) is 0. The molecular weight excluding hydrogens is 304 g/mol. The van der Waals surface area contributed by atoms with Crippen LogP contribution in [0.1, 0.15) is 31.2 Å². The highest BCUT2D eigenvalue weighted by Crippen LogP contribution is 2.19. The summed E-state index contributed by atoms with van der Waals surface area (Å²) < 4.78 is 0. The number of benzene rings is 1. The normalized spacial score (nSPS) is 14.3. The van der Waals surface area contributed by atoms with Crippen LogP contribution in [0.25, 0.3) is 0 Å². The second kappa shape index (κ2) is 9.08. The fourth-order valence-corrected chi connectivity index (χ4v) is 2.33. The molecule has 1 aliphatic rings. The molecule has 0 aliphatic heterocycles. The minimum Gasteiger partial charge on any atom is -0.465 e. The van der Waals surface area contributed by atoms with Crippen LogP contribution in [-0.4, -0.2) is 36.0 Å². The lowest BCUT2D eigenvalue weighted by atomic mass is 10.1. The highest BCUT2D eigenvalue weighted by molar-refractivity contribution is 5.95. The van der Waals surface area contributed by atoms with Crippen LogP contribution in [0, 0.1) is 12.3 Å². The van der Waals surface area contributed by atoms with E-state index < -0.39 is 6.09 Å². The van der Waals surface area contributed by atoms with Gasteiger partial charge in [0.15, 0.2) is 0 Å². The molecule has 0 heterocycles. The van der Waals surface area contributed by atoms with Crippen LogP contribution in [0.15, 0.2) is 36.0 Å². The van der Waals surface area contributed by atoms with Gasteiger partial charge in [0.2, 0.25) is 0 Å². The summed E-state index contributed by atoms with van der Waals surface area (Å²) in [4.78, 5) is 10.5. The van der Waals surface area contributed by atoms with Crippen molar-refractivity contribution in [3.05, 3.63) is 41.6 Å². The van der Waals surface area contributed by atoms with E-state index in [9.17, 15) is 4.79 Å². The average molecular weight is 330 g/mol. The molecule has 0 saturated heterocycles. The Kier molecular flexibility index (Phi) is 6.81. The van der Waals surface area contributed by atoms with Gasteiger partial charge < -0.3 is 26.5 Å². The Hall–Kier alpha value is -2.34. The van der Waals surface area contributed by atoms with E-state index in [4.69, 9.17) is 10.5 Å². The van der Waals surface area contributed by atoms with E-state index in [2.05, 4.69) is 16.0 Å². The Balaban J connectivity index is 1.94. The molecule has 0 unspecified atom stereocenters. The molecule has 1 saturated carbocycles. The third-order valence-corrected chi connectivity index (χ3v) is 3.85. The van der Waals surface area contributed by atoms with E-state index in [-0.39, 0.29) is 0 Å². The lowest BCUT2D eigenvalue weighted by Crippen LogP contribution is -2.24. The summed E-state index contributed by atoms with van der Waals surface area (Å²) in [5.74, 6) is 0. The number of nitrogens with one attached hydrogen (secondary N) is 4. The maximum atomic E-state index is 10.5. The molecule has 1 aromatic rings. The number of carbonyl (C=O) groups is 1. The van der Waals surface area contributed by atoms with Gasteiger partial charge in [0.05, 0.1) is 0 Å². The number of allylic oxidation sites excluding steroid dienone is 1. The van der Waals surface area contributed by atoms with Crippen molar-refractivity contribution in [1.29, 1.82) is 5.41 Å². The standard InChI is InChI=1S/C18H26N4O2/c1-13-5-2-3-7-17(13)22-16(6-4-10-20-18(23)24)11-14(19)12-21-15-8-9-15/h2-3,5,7,11,15,19-22H,4,6,8-10,12H2,1H3,(H,23,24)/b16-11-,19-14?. The molecule has 0 atom stereocenters. The first kappa shape index (κ1) is 18.0. The van der Waals surface area contributed by atoms with Crippen molar-refractivity contribution in [2.24, 2.45) is 0 Å². The zero-order valence-electron chi connectivity index (χ0n) is 14.1. The zero-order chi connectivity index (χ0) is 17.4. The summed E-state index contributed by atoms with van der Waals surface area (Å²) >= 11 is 0. The number of carboxylic acid groups (broad SMARTS) is 1. The molecule has 0 bridgehead atoms. The first-order valence-corrected chi connectivity index (χ1v) is 8.35. The van der Waals surface area contributed by atoms with Gasteiger partial charge in [-0.3, -0.25) is 0 Å². The quantitative estimate of drug-likeness (QED) is 0.336. The van der Waals surface area contributed by atoms with Gasteiger partial charge in [-0.15, -0.1) is 0 Å². The molecule has 5 N–H and O–H groups in total. The molecule has 0 aromatic heterocycles. The Morgan fingerprint density at radius 3 is 2.79 bits per heavy atom. The fourth-order valence-electron chi connectivity index (χ4n) is 2.33. The van der Waals surface area contributed by atoms with Crippen LogP contribution < -0.4 is 16.0 Å². The minimum atomic E-state index is -1.01. The third kappa shape index (κ3) is 6.83. The van der Waals surface area contributed by atoms with Crippen LogP contribution in [0.3, 0.4) is 0 Å². The summed E-state index contributed by atoms with van der Waals surface area (Å²) in [5.41, 5.74) is 3.61. The minimum absolute atomic E-state index is 0.399. The number of aryl methyl sites for hydroxylation is 1. The van der Waals surface area contributed by atoms with Gasteiger partial charge >= 0.3 is 6.09 Å². The fraction of sp³-hybridized carbons (Fsp3) is 0.444. The Morgan fingerprint density at radius 1 is 1.38 bits per heavy atom. The summed E-state index contributed by atoms with van der Waals surface area (Å²) in [6.07, 6.45) is 4.61. The highest BCUT2D eigenvalue weighted by atomic mass is 16.4. The van der Waals surface area contributed by atoms with Gasteiger partial charge in [-0.05, 0) is 50.3 Å². The first-order chi connectivity index (χ1) is 11.5. The Morgan fingerprint density at radius 2 is 2.12 bits per heavy atom. The van der Waals surface area contributed by atoms with Crippen molar-refractivity contribution >= 4 is 17.5 Å². The summed E-state index contributed by atoms with van der Waals surface area (Å²) in [6.45, 7) is 3.00. The monoisotopic (exact) mass is 330 g/mol. The molecule has 6 heteroatoms. The van der Waals surface area contributed by atoms with Crippen LogP contribution in [0.5, 0.6) is 0 Å². The average Bonchev–Trinajstić information content (AvgIpc) is 3.35. The number of anilines is 1. The molecule has 1 amide bonds. The van der Waals surface area contributed by atoms with E-state index >= 15 is 0 Å². The van der Waals surface area contributed by atoms with Crippen LogP contribution >= 0.6 is 0 Å². The molecule has 130 valence electrons. The molecule has 1 fully saturated rings. The van der Waals surface area contributed by atoms with Crippen molar-refractivity contribution in [2.75, 3.05) is 18.4 Å². The van der Waals surface area contributed by atoms with Crippen LogP contribution in [-0.2, 0) is 0 Å². The highest BCUT2D eigenvalue weighted by Gasteiger charge is 2.20. The van der Waals surface area contributed by atoms with Gasteiger partial charge in [-0.25, -0.2) is 4.79 Å². The van der Waals surface area contributed by atoms with Crippen molar-refractivity contribution in [2.45, 2.75) is 38.6 Å². The predicted molar refractivity (Wildman–Crippen MR) is 96.9 cm³/mol. The second-order valence-corrected chi connectivity index (χ2v) is 6.13. The third-order valence-electron chi connectivity index (χ3n) is 3.85. The summed E-state index contributed by atoms with van der Waals surface area (Å²) in [6, 6.07) is 8.57. The van der Waals surface area contributed by atoms with Gasteiger partial charge in [0, 0.05) is 36.2 Å². The van der Waals surface area contributed by atoms with Crippen molar-refractivity contribution in [3.63, 3.8) is 0 Å². The topological polar surface area (TPSA) is 97.2 Å². The van der Waals surface area contributed by atoms with E-state index in [0.29, 0.717) is 37.7 Å². The SMILES string of the molecule is Cc1ccccc1N/C(=C\C(=N)CNC1CC1)CCCNC(=O)O. The second-order valence-electron chi connectivity index (χ2n) is 6.13. The number of hydrogen-bond acceptors (Lipinski definition) is 4. The number of rotatable bonds is 10. The lowest BCUT2D eigenvalue weighted by molar-refractivity contribution is 0.194. The maximum Gasteiger partial charge on any atom is 0.404 e. The summed E-state index contributed by atoms with van der Waals surface area (Å²) in [5, 5.41) is 25.9. The molecular formula is C18H26N4O2. The predicted octanol–water partition coefficient (Wildman–Crippen LogP) is 3.11. The van der Waals surface area contributed by atoms with Crippen LogP contribution in [0.2, 0.25) is 0 Å². The van der Waals surface area contributed by atoms with Gasteiger partial charge in [0.25, 0.3) is 0 Å². The van der Waals surface area contributed by atoms with Crippen LogP contribution in [0.4, 0.5) is 10.5 Å². The lowest BCUT2D eigenvalue weighted by Gasteiger charge is -2.14. The largest absolute Gasteiger partial charge is 0.465 e. The van der Waals surface area contributed by atoms with Gasteiger partial charge in [-0.2, -0.15) is 0 Å². The Bertz CT molecular complexity index is 609. The number of para-hydroxylation sites is 1. The molecule has 1 aromatic carbocycles. The molecule has 1 aliphatic carbocycles. The van der Waals surface area contributed by atoms with E-state index in [0.717, 1.165) is 16.9 Å². The van der Waals surface area contributed by atoms with Crippen molar-refractivity contribution in [3.8, 4) is 0 Å². The van der Waals surface area contributed by atoms with E-state index in [1.165, 1.54) is 12.8 Å². The number of amides is 1. The smallest absolute Gasteiger partial charge is 0.404 e. The van der Waals surface area contributed by atoms with Crippen molar-refractivity contribution < 1.29 is 9.90 Å². The molecule has 6 nitrogen and oxygen atoms in total. The molecule has 24 heavy (non-hydrogen) atoms. The van der Waals surface area contributed by atoms with Gasteiger partial charge in [0.1, 0.15) is 0 Å². The zero-order valence-corrected chi connectivity index (χ0v) is 14.1. The Labute approximate surface area is 142 Å². The van der Waals surface area contributed by atoms with E-state index in [1.807, 2.05) is 37.3 Å². The molecule has 2 rings (SSSR count). The molecule has 0 spiro atoms. The number of hydrogen-bond donors (Lipinski definition) is 5. The van der Waals surface area contributed by atoms with Gasteiger partial charge in [-0.1, -0.05) is 18.2 Å². The first-order valence-electron chi connectivity index (χ1n) is 8.35. The maximum absolute atomic E-state index is 10.5. The van der Waals surface area contributed by atoms with E-state index in [1.54, 1.807) is 0 Å².